The summed E-state index contributed by atoms with van der Waals surface area (Å²) in [4.78, 5) is 0. The Labute approximate surface area is 201 Å². The minimum absolute atomic E-state index is 0.0916. The van der Waals surface area contributed by atoms with Crippen molar-refractivity contribution in [2.24, 2.45) is 5.92 Å². The highest BCUT2D eigenvalue weighted by molar-refractivity contribution is 5.84. The van der Waals surface area contributed by atoms with E-state index in [1.54, 1.807) is 0 Å². The van der Waals surface area contributed by atoms with Crippen molar-refractivity contribution in [1.82, 2.24) is 0 Å². The lowest BCUT2D eigenvalue weighted by Gasteiger charge is -2.49. The summed E-state index contributed by atoms with van der Waals surface area (Å²) in [7, 11) is 0. The average Bonchev–Trinajstić information content (AvgIpc) is 3.34. The SMILES string of the molecule is CC(C1(CCO)c2ccccc2-c2ccccc21)C1(CCO)c2ccccc2-c2ccccc21. The minimum Gasteiger partial charge on any atom is -0.396 e. The lowest BCUT2D eigenvalue weighted by atomic mass is 9.54. The predicted octanol–water partition coefficient (Wildman–Crippen LogP) is 6.32. The van der Waals surface area contributed by atoms with E-state index in [9.17, 15) is 10.2 Å². The van der Waals surface area contributed by atoms with Crippen LogP contribution in [0.15, 0.2) is 97.1 Å². The van der Waals surface area contributed by atoms with Crippen LogP contribution in [0.4, 0.5) is 0 Å². The summed E-state index contributed by atoms with van der Waals surface area (Å²) in [5.74, 6) is 0.0916. The monoisotopic (exact) mass is 446 g/mol. The van der Waals surface area contributed by atoms with Gasteiger partial charge < -0.3 is 10.2 Å². The maximum absolute atomic E-state index is 10.5. The van der Waals surface area contributed by atoms with Crippen molar-refractivity contribution in [1.29, 1.82) is 0 Å². The van der Waals surface area contributed by atoms with Gasteiger partial charge in [0.15, 0.2) is 0 Å². The third-order valence-corrected chi connectivity index (χ3v) is 8.70. The number of aliphatic hydroxyl groups is 2. The van der Waals surface area contributed by atoms with E-state index in [-0.39, 0.29) is 30.0 Å². The van der Waals surface area contributed by atoms with Gasteiger partial charge in [-0.2, -0.15) is 0 Å². The summed E-state index contributed by atoms with van der Waals surface area (Å²) in [5.41, 5.74) is 9.45. The summed E-state index contributed by atoms with van der Waals surface area (Å²) in [6.45, 7) is 2.56. The molecule has 2 aliphatic rings. The van der Waals surface area contributed by atoms with Gasteiger partial charge in [-0.1, -0.05) is 104 Å². The molecule has 2 heteroatoms. The fourth-order valence-corrected chi connectivity index (χ4v) is 7.40. The Balaban J connectivity index is 1.70. The van der Waals surface area contributed by atoms with Crippen LogP contribution < -0.4 is 0 Å². The van der Waals surface area contributed by atoms with Crippen molar-refractivity contribution in [2.45, 2.75) is 30.6 Å². The van der Waals surface area contributed by atoms with Gasteiger partial charge in [0.2, 0.25) is 0 Å². The molecule has 170 valence electrons. The Kier molecular flexibility index (Phi) is 4.98. The molecule has 4 aromatic carbocycles. The predicted molar refractivity (Wildman–Crippen MR) is 138 cm³/mol. The molecule has 0 fully saturated rings. The topological polar surface area (TPSA) is 40.5 Å². The van der Waals surface area contributed by atoms with E-state index in [1.807, 2.05) is 0 Å². The molecule has 2 aliphatic carbocycles. The smallest absolute Gasteiger partial charge is 0.0442 e. The zero-order valence-corrected chi connectivity index (χ0v) is 19.5. The molecule has 6 rings (SSSR count). The first-order chi connectivity index (χ1) is 16.7. The molecule has 0 saturated heterocycles. The van der Waals surface area contributed by atoms with Crippen LogP contribution in [0.2, 0.25) is 0 Å². The van der Waals surface area contributed by atoms with Gasteiger partial charge in [-0.25, -0.2) is 0 Å². The standard InChI is InChI=1S/C32H30O2/c1-22(31(18-20-33)27-14-6-2-10-23(27)24-11-3-7-15-28(24)31)32(19-21-34)29-16-8-4-12-25(29)26-13-5-9-17-30(26)32/h2-17,22,33-34H,18-21H2,1H3. The van der Waals surface area contributed by atoms with Crippen LogP contribution in [0, 0.1) is 5.92 Å². The number of benzene rings is 4. The quantitative estimate of drug-likeness (QED) is 0.364. The summed E-state index contributed by atoms with van der Waals surface area (Å²) < 4.78 is 0. The lowest BCUT2D eigenvalue weighted by Crippen LogP contribution is -2.47. The van der Waals surface area contributed by atoms with E-state index in [0.29, 0.717) is 12.8 Å². The minimum atomic E-state index is -0.373. The van der Waals surface area contributed by atoms with Gasteiger partial charge in [-0.05, 0) is 63.3 Å². The Hall–Kier alpha value is -3.20. The van der Waals surface area contributed by atoms with Crippen LogP contribution in [0.5, 0.6) is 0 Å². The molecule has 0 radical (unpaired) electrons. The first kappa shape index (κ1) is 21.3. The van der Waals surface area contributed by atoms with E-state index in [1.165, 1.54) is 44.5 Å². The third-order valence-electron chi connectivity index (χ3n) is 8.70. The molecule has 0 unspecified atom stereocenters. The fourth-order valence-electron chi connectivity index (χ4n) is 7.40. The molecular formula is C32H30O2. The van der Waals surface area contributed by atoms with Crippen molar-refractivity contribution < 1.29 is 10.2 Å². The lowest BCUT2D eigenvalue weighted by molar-refractivity contribution is 0.150. The Morgan fingerprint density at radius 3 is 1.03 bits per heavy atom. The number of aliphatic hydroxyl groups excluding tert-OH is 2. The van der Waals surface area contributed by atoms with E-state index < -0.39 is 0 Å². The molecule has 4 aromatic rings. The molecule has 0 aromatic heterocycles. The van der Waals surface area contributed by atoms with Crippen LogP contribution in [0.1, 0.15) is 42.0 Å². The Morgan fingerprint density at radius 1 is 0.500 bits per heavy atom. The molecule has 34 heavy (non-hydrogen) atoms. The molecule has 2 N–H and O–H groups in total. The number of fused-ring (bicyclic) bond motifs is 6. The van der Waals surface area contributed by atoms with Crippen LogP contribution in [-0.2, 0) is 10.8 Å². The van der Waals surface area contributed by atoms with Gasteiger partial charge in [0, 0.05) is 24.0 Å². The second kappa shape index (κ2) is 7.94. The molecular weight excluding hydrogens is 416 g/mol. The summed E-state index contributed by atoms with van der Waals surface area (Å²) in [5, 5.41) is 21.0. The maximum Gasteiger partial charge on any atom is 0.0442 e. The molecule has 0 bridgehead atoms. The van der Waals surface area contributed by atoms with E-state index >= 15 is 0 Å². The van der Waals surface area contributed by atoms with Gasteiger partial charge in [0.1, 0.15) is 0 Å². The summed E-state index contributed by atoms with van der Waals surface area (Å²) in [6, 6.07) is 34.8. The van der Waals surface area contributed by atoms with Gasteiger partial charge in [0.05, 0.1) is 0 Å². The fraction of sp³-hybridized carbons (Fsp3) is 0.250. The van der Waals surface area contributed by atoms with E-state index in [2.05, 4.69) is 104 Å². The summed E-state index contributed by atoms with van der Waals surface area (Å²) in [6.07, 6.45) is 1.28. The van der Waals surface area contributed by atoms with Crippen molar-refractivity contribution in [3.8, 4) is 22.3 Å². The molecule has 0 amide bonds. The van der Waals surface area contributed by atoms with Crippen LogP contribution in [0.25, 0.3) is 22.3 Å². The van der Waals surface area contributed by atoms with E-state index in [4.69, 9.17) is 0 Å². The normalized spacial score (nSPS) is 16.1. The Bertz CT molecular complexity index is 1170. The van der Waals surface area contributed by atoms with E-state index in [0.717, 1.165) is 0 Å². The highest BCUT2D eigenvalue weighted by atomic mass is 16.3. The van der Waals surface area contributed by atoms with Gasteiger partial charge in [-0.3, -0.25) is 0 Å². The number of hydrogen-bond acceptors (Lipinski definition) is 2. The summed E-state index contributed by atoms with van der Waals surface area (Å²) >= 11 is 0. The van der Waals surface area contributed by atoms with Crippen LogP contribution >= 0.6 is 0 Å². The highest BCUT2D eigenvalue weighted by Gasteiger charge is 2.57. The third kappa shape index (κ3) is 2.58. The number of hydrogen-bond donors (Lipinski definition) is 2. The molecule has 0 spiro atoms. The van der Waals surface area contributed by atoms with Crippen molar-refractivity contribution in [2.75, 3.05) is 13.2 Å². The van der Waals surface area contributed by atoms with Crippen LogP contribution in [0.3, 0.4) is 0 Å². The first-order valence-electron chi connectivity index (χ1n) is 12.3. The highest BCUT2D eigenvalue weighted by Crippen LogP contribution is 2.64. The second-order valence-electron chi connectivity index (χ2n) is 9.79. The molecule has 2 nitrogen and oxygen atoms in total. The van der Waals surface area contributed by atoms with Gasteiger partial charge in [-0.15, -0.1) is 0 Å². The molecule has 0 atom stereocenters. The molecule has 0 aliphatic heterocycles. The zero-order chi connectivity index (χ0) is 23.3. The van der Waals surface area contributed by atoms with Crippen molar-refractivity contribution >= 4 is 0 Å². The number of rotatable bonds is 6. The zero-order valence-electron chi connectivity index (χ0n) is 19.5. The van der Waals surface area contributed by atoms with Gasteiger partial charge in [0.25, 0.3) is 0 Å². The van der Waals surface area contributed by atoms with Crippen LogP contribution in [-0.4, -0.2) is 23.4 Å². The Morgan fingerprint density at radius 2 is 0.765 bits per heavy atom. The van der Waals surface area contributed by atoms with Gasteiger partial charge >= 0.3 is 0 Å². The van der Waals surface area contributed by atoms with Crippen molar-refractivity contribution in [3.05, 3.63) is 119 Å². The second-order valence-corrected chi connectivity index (χ2v) is 9.79. The molecule has 0 heterocycles. The average molecular weight is 447 g/mol. The largest absolute Gasteiger partial charge is 0.396 e. The first-order valence-corrected chi connectivity index (χ1v) is 12.3. The van der Waals surface area contributed by atoms with Crippen molar-refractivity contribution in [3.63, 3.8) is 0 Å². The molecule has 0 saturated carbocycles. The maximum atomic E-state index is 10.5.